The van der Waals surface area contributed by atoms with Crippen molar-refractivity contribution in [2.45, 2.75) is 39.2 Å². The molecule has 1 aromatic heterocycles. The Bertz CT molecular complexity index is 394. The number of carbonyl (C=O) groups is 1. The van der Waals surface area contributed by atoms with Crippen molar-refractivity contribution in [2.24, 2.45) is 11.8 Å². The number of carboxylic acids is 1. The molecule has 0 aliphatic heterocycles. The first-order valence-corrected chi connectivity index (χ1v) is 7.45. The zero-order valence-electron chi connectivity index (χ0n) is 10.8. The molecule has 1 aliphatic rings. The van der Waals surface area contributed by atoms with Crippen LogP contribution in [0.25, 0.3) is 0 Å². The van der Waals surface area contributed by atoms with Gasteiger partial charge in [-0.15, -0.1) is 11.3 Å². The van der Waals surface area contributed by atoms with Gasteiger partial charge in [0.05, 0.1) is 5.92 Å². The molecule has 4 heteroatoms. The summed E-state index contributed by atoms with van der Waals surface area (Å²) in [5.41, 5.74) is 0. The predicted octanol–water partition coefficient (Wildman–Crippen LogP) is 3.04. The van der Waals surface area contributed by atoms with Crippen LogP contribution in [0, 0.1) is 18.8 Å². The van der Waals surface area contributed by atoms with Crippen molar-refractivity contribution in [3.05, 3.63) is 21.9 Å². The van der Waals surface area contributed by atoms with Gasteiger partial charge in [-0.1, -0.05) is 0 Å². The summed E-state index contributed by atoms with van der Waals surface area (Å²) in [5, 5.41) is 12.4. The number of carboxylic acid groups (broad SMARTS) is 1. The highest BCUT2D eigenvalue weighted by Gasteiger charge is 2.25. The van der Waals surface area contributed by atoms with Gasteiger partial charge in [0, 0.05) is 16.3 Å². The second-order valence-electron chi connectivity index (χ2n) is 5.20. The summed E-state index contributed by atoms with van der Waals surface area (Å²) in [6, 6.07) is 4.33. The lowest BCUT2D eigenvalue weighted by Gasteiger charge is -2.26. The highest BCUT2D eigenvalue weighted by atomic mass is 32.1. The molecule has 0 saturated heterocycles. The monoisotopic (exact) mass is 267 g/mol. The Balaban J connectivity index is 1.65. The van der Waals surface area contributed by atoms with Crippen LogP contribution in [0.4, 0.5) is 0 Å². The van der Waals surface area contributed by atoms with Crippen LogP contribution in [0.2, 0.25) is 0 Å². The third-order valence-corrected chi connectivity index (χ3v) is 4.72. The van der Waals surface area contributed by atoms with Crippen LogP contribution in [0.3, 0.4) is 0 Å². The zero-order valence-corrected chi connectivity index (χ0v) is 11.6. The van der Waals surface area contributed by atoms with Crippen molar-refractivity contribution < 1.29 is 9.90 Å². The van der Waals surface area contributed by atoms with E-state index in [4.69, 9.17) is 5.11 Å². The topological polar surface area (TPSA) is 49.3 Å². The highest BCUT2D eigenvalue weighted by molar-refractivity contribution is 7.11. The largest absolute Gasteiger partial charge is 0.481 e. The van der Waals surface area contributed by atoms with Gasteiger partial charge < -0.3 is 10.4 Å². The smallest absolute Gasteiger partial charge is 0.306 e. The lowest BCUT2D eigenvalue weighted by Crippen LogP contribution is -2.28. The Morgan fingerprint density at radius 2 is 2.11 bits per heavy atom. The standard InChI is InChI=1S/C14H21NO2S/c1-10-2-7-13(18-10)9-15-8-11-3-5-12(6-4-11)14(16)17/h2,7,11-12,15H,3-6,8-9H2,1H3,(H,16,17). The molecule has 1 heterocycles. The second-order valence-corrected chi connectivity index (χ2v) is 6.57. The van der Waals surface area contributed by atoms with Crippen LogP contribution >= 0.6 is 11.3 Å². The molecule has 2 rings (SSSR count). The van der Waals surface area contributed by atoms with Crippen LogP contribution in [0.5, 0.6) is 0 Å². The maximum absolute atomic E-state index is 10.8. The fraction of sp³-hybridized carbons (Fsp3) is 0.643. The Morgan fingerprint density at radius 3 is 2.67 bits per heavy atom. The van der Waals surface area contributed by atoms with Gasteiger partial charge in [-0.2, -0.15) is 0 Å². The minimum absolute atomic E-state index is 0.0961. The van der Waals surface area contributed by atoms with Crippen LogP contribution in [-0.4, -0.2) is 17.6 Å². The molecule has 0 bridgehead atoms. The lowest BCUT2D eigenvalue weighted by molar-refractivity contribution is -0.143. The van der Waals surface area contributed by atoms with Gasteiger partial charge in [0.15, 0.2) is 0 Å². The average Bonchev–Trinajstić information content (AvgIpc) is 2.76. The first kappa shape index (κ1) is 13.6. The molecule has 0 amide bonds. The molecule has 100 valence electrons. The van der Waals surface area contributed by atoms with E-state index in [0.29, 0.717) is 5.92 Å². The summed E-state index contributed by atoms with van der Waals surface area (Å²) in [4.78, 5) is 13.6. The van der Waals surface area contributed by atoms with E-state index in [1.165, 1.54) is 9.75 Å². The summed E-state index contributed by atoms with van der Waals surface area (Å²) < 4.78 is 0. The molecule has 0 radical (unpaired) electrons. The Hall–Kier alpha value is -0.870. The Morgan fingerprint density at radius 1 is 1.39 bits per heavy atom. The van der Waals surface area contributed by atoms with Crippen molar-refractivity contribution in [3.63, 3.8) is 0 Å². The predicted molar refractivity (Wildman–Crippen MR) is 73.8 cm³/mol. The number of nitrogens with one attached hydrogen (secondary N) is 1. The SMILES string of the molecule is Cc1ccc(CNCC2CCC(C(=O)O)CC2)s1. The second kappa shape index (κ2) is 6.34. The minimum atomic E-state index is -0.615. The molecule has 1 saturated carbocycles. The number of thiophene rings is 1. The van der Waals surface area contributed by atoms with E-state index >= 15 is 0 Å². The first-order chi connectivity index (χ1) is 8.65. The highest BCUT2D eigenvalue weighted by Crippen LogP contribution is 2.28. The summed E-state index contributed by atoms with van der Waals surface area (Å²) in [6.45, 7) is 4.09. The van der Waals surface area contributed by atoms with E-state index in [0.717, 1.165) is 38.8 Å². The molecule has 1 aromatic rings. The van der Waals surface area contributed by atoms with Gasteiger partial charge >= 0.3 is 5.97 Å². The lowest BCUT2D eigenvalue weighted by atomic mass is 9.82. The molecule has 2 N–H and O–H groups in total. The van der Waals surface area contributed by atoms with E-state index in [1.807, 2.05) is 11.3 Å². The molecule has 0 aromatic carbocycles. The van der Waals surface area contributed by atoms with E-state index in [2.05, 4.69) is 24.4 Å². The van der Waals surface area contributed by atoms with Crippen LogP contribution in [0.15, 0.2) is 12.1 Å². The molecule has 1 fully saturated rings. The molecule has 18 heavy (non-hydrogen) atoms. The molecular weight excluding hydrogens is 246 g/mol. The number of rotatable bonds is 5. The van der Waals surface area contributed by atoms with Crippen molar-refractivity contribution in [3.8, 4) is 0 Å². The first-order valence-electron chi connectivity index (χ1n) is 6.64. The number of hydrogen-bond acceptors (Lipinski definition) is 3. The molecule has 3 nitrogen and oxygen atoms in total. The van der Waals surface area contributed by atoms with Gasteiger partial charge in [0.2, 0.25) is 0 Å². The molecule has 0 spiro atoms. The van der Waals surface area contributed by atoms with Gasteiger partial charge in [-0.25, -0.2) is 0 Å². The van der Waals surface area contributed by atoms with Gasteiger partial charge in [0.1, 0.15) is 0 Å². The van der Waals surface area contributed by atoms with E-state index in [9.17, 15) is 4.79 Å². The van der Waals surface area contributed by atoms with Crippen molar-refractivity contribution in [1.29, 1.82) is 0 Å². The van der Waals surface area contributed by atoms with Gasteiger partial charge in [-0.3, -0.25) is 4.79 Å². The Labute approximate surface area is 112 Å². The quantitative estimate of drug-likeness (QED) is 0.862. The normalized spacial score (nSPS) is 24.1. The summed E-state index contributed by atoms with van der Waals surface area (Å²) >= 11 is 1.84. The van der Waals surface area contributed by atoms with Crippen LogP contribution in [0.1, 0.15) is 35.4 Å². The van der Waals surface area contributed by atoms with Gasteiger partial charge in [-0.05, 0) is 57.2 Å². The van der Waals surface area contributed by atoms with E-state index in [1.54, 1.807) is 0 Å². The molecule has 1 aliphatic carbocycles. The van der Waals surface area contributed by atoms with Gasteiger partial charge in [0.25, 0.3) is 0 Å². The fourth-order valence-electron chi connectivity index (χ4n) is 2.59. The summed E-state index contributed by atoms with van der Waals surface area (Å²) in [5.74, 6) is -0.0571. The number of hydrogen-bond donors (Lipinski definition) is 2. The maximum Gasteiger partial charge on any atom is 0.306 e. The van der Waals surface area contributed by atoms with E-state index < -0.39 is 5.97 Å². The third kappa shape index (κ3) is 3.82. The number of aliphatic carboxylic acids is 1. The zero-order chi connectivity index (χ0) is 13.0. The van der Waals surface area contributed by atoms with Crippen molar-refractivity contribution in [2.75, 3.05) is 6.54 Å². The fourth-order valence-corrected chi connectivity index (χ4v) is 3.45. The van der Waals surface area contributed by atoms with Crippen molar-refractivity contribution >= 4 is 17.3 Å². The Kier molecular flexibility index (Phi) is 4.78. The maximum atomic E-state index is 10.8. The van der Waals surface area contributed by atoms with Crippen molar-refractivity contribution in [1.82, 2.24) is 5.32 Å². The molecule has 0 atom stereocenters. The third-order valence-electron chi connectivity index (χ3n) is 3.72. The number of aryl methyl sites for hydroxylation is 1. The molecule has 0 unspecified atom stereocenters. The average molecular weight is 267 g/mol. The molecular formula is C14H21NO2S. The summed E-state index contributed by atoms with van der Waals surface area (Å²) in [7, 11) is 0. The van der Waals surface area contributed by atoms with Crippen LogP contribution < -0.4 is 5.32 Å². The van der Waals surface area contributed by atoms with Crippen LogP contribution in [-0.2, 0) is 11.3 Å². The summed E-state index contributed by atoms with van der Waals surface area (Å²) in [6.07, 6.45) is 3.79. The minimum Gasteiger partial charge on any atom is -0.481 e. The van der Waals surface area contributed by atoms with E-state index in [-0.39, 0.29) is 5.92 Å².